The fourth-order valence-electron chi connectivity index (χ4n) is 2.88. The average Bonchev–Trinajstić information content (AvgIpc) is 3.01. The maximum Gasteiger partial charge on any atom is 0.164 e. The van der Waals surface area contributed by atoms with Gasteiger partial charge >= 0.3 is 0 Å². The first-order valence-electron chi connectivity index (χ1n) is 7.56. The Balaban J connectivity index is 1.62. The SMILES string of the molecule is CC(c1ccn2ccnc2c1)N1CCN(C(=N)SC(=N)N)CC1. The van der Waals surface area contributed by atoms with Crippen molar-refractivity contribution in [1.82, 2.24) is 19.2 Å². The standard InChI is InChI=1S/C15H21N7S/c1-11(12-2-4-21-5-3-19-13(21)10-12)20-6-8-22(9-7-20)15(18)23-14(16)17/h2-5,10-11,18H,6-9H2,1H3,(H3,16,17). The lowest BCUT2D eigenvalue weighted by Gasteiger charge is -2.38. The van der Waals surface area contributed by atoms with Gasteiger partial charge in [0.25, 0.3) is 0 Å². The van der Waals surface area contributed by atoms with Crippen LogP contribution in [-0.4, -0.2) is 55.7 Å². The van der Waals surface area contributed by atoms with E-state index >= 15 is 0 Å². The summed E-state index contributed by atoms with van der Waals surface area (Å²) in [6.07, 6.45) is 5.80. The summed E-state index contributed by atoms with van der Waals surface area (Å²) in [4.78, 5) is 8.74. The molecule has 1 fully saturated rings. The number of hydrogen-bond acceptors (Lipinski definition) is 5. The normalized spacial score (nSPS) is 17.3. The number of piperazine rings is 1. The van der Waals surface area contributed by atoms with Crippen molar-refractivity contribution >= 4 is 27.7 Å². The Morgan fingerprint density at radius 3 is 2.70 bits per heavy atom. The van der Waals surface area contributed by atoms with E-state index in [4.69, 9.17) is 16.6 Å². The Labute approximate surface area is 139 Å². The van der Waals surface area contributed by atoms with E-state index in [1.165, 1.54) is 5.56 Å². The Bertz CT molecular complexity index is 717. The third kappa shape index (κ3) is 3.48. The van der Waals surface area contributed by atoms with Crippen LogP contribution in [0.2, 0.25) is 0 Å². The van der Waals surface area contributed by atoms with E-state index in [1.54, 1.807) is 6.20 Å². The van der Waals surface area contributed by atoms with Gasteiger partial charge in [0, 0.05) is 50.8 Å². The van der Waals surface area contributed by atoms with Crippen LogP contribution in [0.25, 0.3) is 5.65 Å². The molecule has 1 unspecified atom stereocenters. The van der Waals surface area contributed by atoms with Crippen LogP contribution in [0, 0.1) is 10.8 Å². The topological polar surface area (TPSA) is 97.5 Å². The van der Waals surface area contributed by atoms with Crippen molar-refractivity contribution in [2.75, 3.05) is 26.2 Å². The molecule has 3 rings (SSSR count). The van der Waals surface area contributed by atoms with Gasteiger partial charge in [-0.15, -0.1) is 0 Å². The molecule has 8 heteroatoms. The summed E-state index contributed by atoms with van der Waals surface area (Å²) >= 11 is 1.01. The number of thioether (sulfide) groups is 1. The summed E-state index contributed by atoms with van der Waals surface area (Å²) in [5, 5.41) is 15.6. The first-order chi connectivity index (χ1) is 11.0. The number of pyridine rings is 1. The lowest BCUT2D eigenvalue weighted by Crippen LogP contribution is -2.48. The van der Waals surface area contributed by atoms with Gasteiger partial charge in [0.1, 0.15) is 5.65 Å². The summed E-state index contributed by atoms with van der Waals surface area (Å²) in [7, 11) is 0. The second-order valence-corrected chi connectivity index (χ2v) is 6.65. The first kappa shape index (κ1) is 15.8. The van der Waals surface area contributed by atoms with Crippen LogP contribution in [0.1, 0.15) is 18.5 Å². The van der Waals surface area contributed by atoms with Crippen molar-refractivity contribution in [3.05, 3.63) is 36.3 Å². The molecule has 0 aliphatic carbocycles. The smallest absolute Gasteiger partial charge is 0.164 e. The third-order valence-corrected chi connectivity index (χ3v) is 4.93. The summed E-state index contributed by atoms with van der Waals surface area (Å²) in [5.41, 5.74) is 7.57. The number of fused-ring (bicyclic) bond motifs is 1. The molecule has 3 heterocycles. The number of nitrogens with zero attached hydrogens (tertiary/aromatic N) is 4. The number of imidazole rings is 1. The molecule has 0 spiro atoms. The number of rotatable bonds is 2. The third-order valence-electron chi connectivity index (χ3n) is 4.26. The van der Waals surface area contributed by atoms with Crippen molar-refractivity contribution in [3.63, 3.8) is 0 Å². The van der Waals surface area contributed by atoms with Gasteiger partial charge in [-0.2, -0.15) is 0 Å². The number of nitrogens with two attached hydrogens (primary N) is 1. The highest BCUT2D eigenvalue weighted by Gasteiger charge is 2.24. The van der Waals surface area contributed by atoms with E-state index < -0.39 is 0 Å². The highest BCUT2D eigenvalue weighted by Crippen LogP contribution is 2.23. The Kier molecular flexibility index (Phi) is 4.53. The molecule has 4 N–H and O–H groups in total. The van der Waals surface area contributed by atoms with E-state index in [9.17, 15) is 0 Å². The fourth-order valence-corrected chi connectivity index (χ4v) is 3.40. The van der Waals surface area contributed by atoms with Crippen LogP contribution in [0.5, 0.6) is 0 Å². The second kappa shape index (κ2) is 6.59. The maximum absolute atomic E-state index is 7.96. The maximum atomic E-state index is 7.96. The van der Waals surface area contributed by atoms with E-state index in [0.29, 0.717) is 11.2 Å². The van der Waals surface area contributed by atoms with Gasteiger partial charge in [-0.1, -0.05) is 0 Å². The predicted octanol–water partition coefficient (Wildman–Crippen LogP) is 1.57. The van der Waals surface area contributed by atoms with Crippen LogP contribution < -0.4 is 5.73 Å². The van der Waals surface area contributed by atoms with Gasteiger partial charge in [-0.3, -0.25) is 15.7 Å². The van der Waals surface area contributed by atoms with E-state index in [-0.39, 0.29) is 5.17 Å². The van der Waals surface area contributed by atoms with Gasteiger partial charge in [-0.05, 0) is 36.4 Å². The Morgan fingerprint density at radius 2 is 2.00 bits per heavy atom. The number of hydrogen-bond donors (Lipinski definition) is 3. The lowest BCUT2D eigenvalue weighted by atomic mass is 10.1. The highest BCUT2D eigenvalue weighted by molar-refractivity contribution is 8.26. The predicted molar refractivity (Wildman–Crippen MR) is 94.0 cm³/mol. The molecule has 2 aromatic rings. The Hall–Kier alpha value is -2.06. The van der Waals surface area contributed by atoms with Gasteiger partial charge in [0.2, 0.25) is 0 Å². The summed E-state index contributed by atoms with van der Waals surface area (Å²) in [6, 6.07) is 4.58. The van der Waals surface area contributed by atoms with Crippen LogP contribution in [0.3, 0.4) is 0 Å². The molecule has 122 valence electrons. The van der Waals surface area contributed by atoms with Crippen molar-refractivity contribution < 1.29 is 0 Å². The zero-order chi connectivity index (χ0) is 16.4. The average molecular weight is 331 g/mol. The summed E-state index contributed by atoms with van der Waals surface area (Å²) < 4.78 is 2.01. The van der Waals surface area contributed by atoms with Crippen molar-refractivity contribution in [3.8, 4) is 0 Å². The van der Waals surface area contributed by atoms with Crippen LogP contribution in [0.4, 0.5) is 0 Å². The number of nitrogens with one attached hydrogen (secondary N) is 2. The highest BCUT2D eigenvalue weighted by atomic mass is 32.2. The fraction of sp³-hybridized carbons (Fsp3) is 0.400. The zero-order valence-corrected chi connectivity index (χ0v) is 13.9. The molecule has 23 heavy (non-hydrogen) atoms. The van der Waals surface area contributed by atoms with E-state index in [1.807, 2.05) is 21.7 Å². The van der Waals surface area contributed by atoms with Crippen molar-refractivity contribution in [2.45, 2.75) is 13.0 Å². The molecule has 0 amide bonds. The largest absolute Gasteiger partial charge is 0.378 e. The minimum absolute atomic E-state index is 0.0289. The minimum Gasteiger partial charge on any atom is -0.378 e. The van der Waals surface area contributed by atoms with Crippen molar-refractivity contribution in [1.29, 1.82) is 10.8 Å². The second-order valence-electron chi connectivity index (χ2n) is 5.62. The number of aromatic nitrogens is 2. The number of amidine groups is 2. The van der Waals surface area contributed by atoms with Crippen LogP contribution in [-0.2, 0) is 0 Å². The molecular formula is C15H21N7S. The van der Waals surface area contributed by atoms with E-state index in [2.05, 4.69) is 28.9 Å². The van der Waals surface area contributed by atoms with Crippen molar-refractivity contribution in [2.24, 2.45) is 5.73 Å². The van der Waals surface area contributed by atoms with Gasteiger partial charge in [0.15, 0.2) is 10.3 Å². The van der Waals surface area contributed by atoms with Crippen LogP contribution >= 0.6 is 11.8 Å². The van der Waals surface area contributed by atoms with Gasteiger partial charge < -0.3 is 15.0 Å². The minimum atomic E-state index is -0.0289. The quantitative estimate of drug-likeness (QED) is 0.573. The van der Waals surface area contributed by atoms with E-state index in [0.717, 1.165) is 43.6 Å². The molecular weight excluding hydrogens is 310 g/mol. The molecule has 0 bridgehead atoms. The molecule has 1 atom stereocenters. The molecule has 1 aliphatic rings. The van der Waals surface area contributed by atoms with Crippen LogP contribution in [0.15, 0.2) is 30.7 Å². The molecule has 7 nitrogen and oxygen atoms in total. The molecule has 0 radical (unpaired) electrons. The first-order valence-corrected chi connectivity index (χ1v) is 8.38. The molecule has 2 aromatic heterocycles. The lowest BCUT2D eigenvalue weighted by molar-refractivity contribution is 0.142. The summed E-state index contributed by atoms with van der Waals surface area (Å²) in [5.74, 6) is 0. The molecule has 1 aliphatic heterocycles. The van der Waals surface area contributed by atoms with Gasteiger partial charge in [-0.25, -0.2) is 4.98 Å². The monoisotopic (exact) mass is 331 g/mol. The summed E-state index contributed by atoms with van der Waals surface area (Å²) in [6.45, 7) is 5.56. The zero-order valence-electron chi connectivity index (χ0n) is 13.1. The molecule has 0 saturated carbocycles. The van der Waals surface area contributed by atoms with Gasteiger partial charge in [0.05, 0.1) is 0 Å². The molecule has 0 aromatic carbocycles. The Morgan fingerprint density at radius 1 is 1.26 bits per heavy atom. The molecule has 1 saturated heterocycles.